The van der Waals surface area contributed by atoms with E-state index in [1.807, 2.05) is 20.8 Å². The zero-order chi connectivity index (χ0) is 16.2. The molecule has 0 aliphatic carbocycles. The summed E-state index contributed by atoms with van der Waals surface area (Å²) >= 11 is 0. The Morgan fingerprint density at radius 1 is 1.19 bits per heavy atom. The molecule has 1 aromatic rings. The molecule has 0 spiro atoms. The number of benzene rings is 1. The Labute approximate surface area is 127 Å². The van der Waals surface area contributed by atoms with Gasteiger partial charge < -0.3 is 4.90 Å². The Morgan fingerprint density at radius 3 is 2.14 bits per heavy atom. The van der Waals surface area contributed by atoms with Crippen molar-refractivity contribution < 1.29 is 13.2 Å². The van der Waals surface area contributed by atoms with Crippen molar-refractivity contribution in [1.29, 1.82) is 0 Å². The van der Waals surface area contributed by atoms with E-state index in [-0.39, 0.29) is 16.7 Å². The third-order valence-corrected chi connectivity index (χ3v) is 4.56. The molecule has 0 aliphatic heterocycles. The zero-order valence-corrected chi connectivity index (χ0v) is 14.1. The number of hydrogen-bond donors (Lipinski definition) is 1. The lowest BCUT2D eigenvalue weighted by molar-refractivity contribution is -0.130. The first-order chi connectivity index (χ1) is 9.63. The van der Waals surface area contributed by atoms with E-state index < -0.39 is 16.1 Å². The van der Waals surface area contributed by atoms with Crippen LogP contribution in [0.1, 0.15) is 25.8 Å². The first kappa shape index (κ1) is 17.7. The lowest BCUT2D eigenvalue weighted by Crippen LogP contribution is -2.46. The predicted molar refractivity (Wildman–Crippen MR) is 83.4 cm³/mol. The van der Waals surface area contributed by atoms with Gasteiger partial charge in [0, 0.05) is 14.1 Å². The van der Waals surface area contributed by atoms with E-state index in [1.54, 1.807) is 38.4 Å². The van der Waals surface area contributed by atoms with Crippen LogP contribution in [0.4, 0.5) is 0 Å². The molecule has 0 aromatic heterocycles. The van der Waals surface area contributed by atoms with Crippen LogP contribution in [0.15, 0.2) is 29.2 Å². The lowest BCUT2D eigenvalue weighted by Gasteiger charge is -2.23. The number of amides is 1. The number of aryl methyl sites for hydroxylation is 1. The first-order valence-corrected chi connectivity index (χ1v) is 8.42. The number of nitrogens with zero attached hydrogens (tertiary/aromatic N) is 1. The number of nitrogens with one attached hydrogen (secondary N) is 1. The van der Waals surface area contributed by atoms with Crippen LogP contribution in [-0.2, 0) is 14.8 Å². The van der Waals surface area contributed by atoms with Gasteiger partial charge in [0.2, 0.25) is 15.9 Å². The predicted octanol–water partition coefficient (Wildman–Crippen LogP) is 1.78. The molecule has 0 radical (unpaired) electrons. The standard InChI is InChI=1S/C15H24N2O3S/c1-11(2)10-14(15(18)17(4)5)16-21(19,20)13-8-6-12(3)7-9-13/h6-9,11,14,16H,10H2,1-5H3. The second-order valence-electron chi connectivity index (χ2n) is 5.85. The number of carbonyl (C=O) groups is 1. The van der Waals surface area contributed by atoms with Crippen LogP contribution in [0.3, 0.4) is 0 Å². The molecule has 0 saturated carbocycles. The lowest BCUT2D eigenvalue weighted by atomic mass is 10.0. The Kier molecular flexibility index (Phi) is 5.92. The van der Waals surface area contributed by atoms with Crippen LogP contribution in [0.5, 0.6) is 0 Å². The van der Waals surface area contributed by atoms with E-state index in [0.717, 1.165) is 5.56 Å². The van der Waals surface area contributed by atoms with E-state index in [4.69, 9.17) is 0 Å². The summed E-state index contributed by atoms with van der Waals surface area (Å²) in [6.07, 6.45) is 0.460. The quantitative estimate of drug-likeness (QED) is 0.870. The molecule has 118 valence electrons. The van der Waals surface area contributed by atoms with Crippen molar-refractivity contribution in [2.24, 2.45) is 5.92 Å². The van der Waals surface area contributed by atoms with Crippen molar-refractivity contribution in [3.8, 4) is 0 Å². The Bertz CT molecular complexity index is 577. The van der Waals surface area contributed by atoms with Crippen LogP contribution >= 0.6 is 0 Å². The summed E-state index contributed by atoms with van der Waals surface area (Å²) in [6, 6.07) is 5.82. The maximum Gasteiger partial charge on any atom is 0.241 e. The molecular formula is C15H24N2O3S. The second-order valence-corrected chi connectivity index (χ2v) is 7.56. The topological polar surface area (TPSA) is 66.5 Å². The third-order valence-electron chi connectivity index (χ3n) is 3.07. The highest BCUT2D eigenvalue weighted by Gasteiger charge is 2.27. The van der Waals surface area contributed by atoms with Gasteiger partial charge in [0.15, 0.2) is 0 Å². The summed E-state index contributed by atoms with van der Waals surface area (Å²) in [6.45, 7) is 5.80. The fourth-order valence-electron chi connectivity index (χ4n) is 1.96. The van der Waals surface area contributed by atoms with Crippen molar-refractivity contribution in [3.05, 3.63) is 29.8 Å². The van der Waals surface area contributed by atoms with Crippen molar-refractivity contribution in [2.75, 3.05) is 14.1 Å². The minimum Gasteiger partial charge on any atom is -0.347 e. The Balaban J connectivity index is 3.00. The van der Waals surface area contributed by atoms with Gasteiger partial charge in [-0.05, 0) is 31.4 Å². The molecule has 1 amide bonds. The number of hydrogen-bond acceptors (Lipinski definition) is 3. The highest BCUT2D eigenvalue weighted by atomic mass is 32.2. The zero-order valence-electron chi connectivity index (χ0n) is 13.3. The molecule has 0 saturated heterocycles. The molecule has 0 bridgehead atoms. The van der Waals surface area contributed by atoms with Crippen molar-refractivity contribution in [3.63, 3.8) is 0 Å². The molecule has 0 fully saturated rings. The average Bonchev–Trinajstić information content (AvgIpc) is 2.36. The van der Waals surface area contributed by atoms with Gasteiger partial charge in [-0.25, -0.2) is 8.42 Å². The molecule has 21 heavy (non-hydrogen) atoms. The van der Waals surface area contributed by atoms with Crippen LogP contribution in [-0.4, -0.2) is 39.4 Å². The fraction of sp³-hybridized carbons (Fsp3) is 0.533. The highest BCUT2D eigenvalue weighted by molar-refractivity contribution is 7.89. The second kappa shape index (κ2) is 7.04. The number of sulfonamides is 1. The van der Waals surface area contributed by atoms with Crippen molar-refractivity contribution in [2.45, 2.75) is 38.1 Å². The molecule has 5 nitrogen and oxygen atoms in total. The summed E-state index contributed by atoms with van der Waals surface area (Å²) in [5, 5.41) is 0. The maximum atomic E-state index is 12.4. The van der Waals surface area contributed by atoms with Gasteiger partial charge in [0.05, 0.1) is 4.90 Å². The summed E-state index contributed by atoms with van der Waals surface area (Å²) in [5.74, 6) is -0.0287. The Morgan fingerprint density at radius 2 is 1.71 bits per heavy atom. The molecule has 0 aliphatic rings. The molecule has 1 N–H and O–H groups in total. The maximum absolute atomic E-state index is 12.4. The largest absolute Gasteiger partial charge is 0.347 e. The first-order valence-electron chi connectivity index (χ1n) is 6.93. The number of likely N-dealkylation sites (N-methyl/N-ethyl adjacent to an activating group) is 1. The van der Waals surface area contributed by atoms with Crippen LogP contribution in [0.25, 0.3) is 0 Å². The summed E-state index contributed by atoms with van der Waals surface area (Å²) in [5.41, 5.74) is 0.983. The van der Waals surface area contributed by atoms with Crippen LogP contribution in [0.2, 0.25) is 0 Å². The van der Waals surface area contributed by atoms with Gasteiger partial charge in [0.25, 0.3) is 0 Å². The van der Waals surface area contributed by atoms with Gasteiger partial charge in [-0.2, -0.15) is 4.72 Å². The molecule has 6 heteroatoms. The average molecular weight is 312 g/mol. The van der Waals surface area contributed by atoms with Gasteiger partial charge in [-0.3, -0.25) is 4.79 Å². The smallest absolute Gasteiger partial charge is 0.241 e. The highest BCUT2D eigenvalue weighted by Crippen LogP contribution is 2.14. The minimum absolute atomic E-state index is 0.174. The SMILES string of the molecule is Cc1ccc(S(=O)(=O)NC(CC(C)C)C(=O)N(C)C)cc1. The monoisotopic (exact) mass is 312 g/mol. The van der Waals surface area contributed by atoms with E-state index in [0.29, 0.717) is 6.42 Å². The van der Waals surface area contributed by atoms with Crippen LogP contribution < -0.4 is 4.72 Å². The van der Waals surface area contributed by atoms with Gasteiger partial charge in [-0.15, -0.1) is 0 Å². The van der Waals surface area contributed by atoms with Crippen LogP contribution in [0, 0.1) is 12.8 Å². The normalized spacial score (nSPS) is 13.2. The van der Waals surface area contributed by atoms with E-state index in [1.165, 1.54) is 4.90 Å². The summed E-state index contributed by atoms with van der Waals surface area (Å²) in [4.78, 5) is 13.7. The molecule has 0 heterocycles. The third kappa shape index (κ3) is 5.13. The molecule has 1 atom stereocenters. The van der Waals surface area contributed by atoms with E-state index >= 15 is 0 Å². The summed E-state index contributed by atoms with van der Waals surface area (Å²) in [7, 11) is -0.456. The van der Waals surface area contributed by atoms with Gasteiger partial charge in [-0.1, -0.05) is 31.5 Å². The Hall–Kier alpha value is -1.40. The molecule has 1 unspecified atom stereocenters. The molecule has 1 aromatic carbocycles. The fourth-order valence-corrected chi connectivity index (χ4v) is 3.16. The van der Waals surface area contributed by atoms with E-state index in [2.05, 4.69) is 4.72 Å². The van der Waals surface area contributed by atoms with Crippen molar-refractivity contribution in [1.82, 2.24) is 9.62 Å². The number of carbonyl (C=O) groups excluding carboxylic acids is 1. The van der Waals surface area contributed by atoms with Gasteiger partial charge in [0.1, 0.15) is 6.04 Å². The van der Waals surface area contributed by atoms with Gasteiger partial charge >= 0.3 is 0 Å². The number of rotatable bonds is 6. The molecule has 1 rings (SSSR count). The summed E-state index contributed by atoms with van der Waals surface area (Å²) < 4.78 is 27.3. The minimum atomic E-state index is -3.70. The van der Waals surface area contributed by atoms with Crippen molar-refractivity contribution >= 4 is 15.9 Å². The van der Waals surface area contributed by atoms with E-state index in [9.17, 15) is 13.2 Å². The molecular weight excluding hydrogens is 288 g/mol.